The van der Waals surface area contributed by atoms with Crippen molar-refractivity contribution in [2.45, 2.75) is 0 Å². The molecule has 6 nitrogen and oxygen atoms in total. The molecular formula is C13H7BrFNO5. The lowest BCUT2D eigenvalue weighted by molar-refractivity contribution is -0.385. The summed E-state index contributed by atoms with van der Waals surface area (Å²) in [6, 6.07) is 6.90. The van der Waals surface area contributed by atoms with Crippen molar-refractivity contribution >= 4 is 27.6 Å². The number of nitrogens with zero attached hydrogens (tertiary/aromatic N) is 1. The third kappa shape index (κ3) is 3.34. The molecule has 0 atom stereocenters. The molecular weight excluding hydrogens is 349 g/mol. The quantitative estimate of drug-likeness (QED) is 0.661. The zero-order chi connectivity index (χ0) is 15.6. The van der Waals surface area contributed by atoms with E-state index >= 15 is 0 Å². The van der Waals surface area contributed by atoms with Gasteiger partial charge in [0.1, 0.15) is 17.1 Å². The van der Waals surface area contributed by atoms with Gasteiger partial charge in [-0.3, -0.25) is 10.1 Å². The summed E-state index contributed by atoms with van der Waals surface area (Å²) in [5.41, 5.74) is -0.761. The highest BCUT2D eigenvalue weighted by molar-refractivity contribution is 9.10. The van der Waals surface area contributed by atoms with Crippen LogP contribution in [0.1, 0.15) is 10.4 Å². The fourth-order valence-corrected chi connectivity index (χ4v) is 1.94. The first-order valence-corrected chi connectivity index (χ1v) is 6.32. The Balaban J connectivity index is 2.50. The van der Waals surface area contributed by atoms with Crippen molar-refractivity contribution in [3.63, 3.8) is 0 Å². The van der Waals surface area contributed by atoms with Crippen LogP contribution in [0.5, 0.6) is 11.5 Å². The van der Waals surface area contributed by atoms with E-state index in [0.29, 0.717) is 10.5 Å². The van der Waals surface area contributed by atoms with Gasteiger partial charge in [-0.05, 0) is 30.3 Å². The molecule has 0 saturated carbocycles. The molecule has 2 aromatic rings. The molecule has 1 N–H and O–H groups in total. The van der Waals surface area contributed by atoms with Crippen molar-refractivity contribution < 1.29 is 24.0 Å². The van der Waals surface area contributed by atoms with Crippen LogP contribution in [0.2, 0.25) is 0 Å². The highest BCUT2D eigenvalue weighted by Gasteiger charge is 2.20. The SMILES string of the molecule is O=C(O)c1ccc(Br)cc1Oc1ccc(F)cc1[N+](=O)[O-]. The number of rotatable bonds is 4. The molecule has 0 fully saturated rings. The van der Waals surface area contributed by atoms with Crippen molar-refractivity contribution in [2.75, 3.05) is 0 Å². The minimum Gasteiger partial charge on any atom is -0.478 e. The van der Waals surface area contributed by atoms with Crippen molar-refractivity contribution in [1.82, 2.24) is 0 Å². The number of hydrogen-bond acceptors (Lipinski definition) is 4. The van der Waals surface area contributed by atoms with Crippen LogP contribution < -0.4 is 4.74 Å². The minimum atomic E-state index is -1.25. The van der Waals surface area contributed by atoms with E-state index in [1.807, 2.05) is 0 Å². The van der Waals surface area contributed by atoms with E-state index < -0.39 is 22.4 Å². The fourth-order valence-electron chi connectivity index (χ4n) is 1.60. The Morgan fingerprint density at radius 2 is 1.95 bits per heavy atom. The van der Waals surface area contributed by atoms with Gasteiger partial charge >= 0.3 is 11.7 Å². The Hall–Kier alpha value is -2.48. The van der Waals surface area contributed by atoms with Gasteiger partial charge in [-0.15, -0.1) is 0 Å². The molecule has 108 valence electrons. The summed E-state index contributed by atoms with van der Waals surface area (Å²) in [7, 11) is 0. The Bertz CT molecular complexity index is 734. The smallest absolute Gasteiger partial charge is 0.339 e. The molecule has 0 heterocycles. The lowest BCUT2D eigenvalue weighted by Gasteiger charge is -2.09. The van der Waals surface area contributed by atoms with Crippen LogP contribution in [0, 0.1) is 15.9 Å². The monoisotopic (exact) mass is 355 g/mol. The molecule has 2 aromatic carbocycles. The first kappa shape index (κ1) is 14.9. The number of carboxylic acids is 1. The standard InChI is InChI=1S/C13H7BrFNO5/c14-7-1-3-9(13(17)18)12(5-7)21-11-4-2-8(15)6-10(11)16(19)20/h1-6H,(H,17,18). The number of hydrogen-bond donors (Lipinski definition) is 1. The van der Waals surface area contributed by atoms with Crippen LogP contribution in [-0.4, -0.2) is 16.0 Å². The molecule has 0 radical (unpaired) electrons. The van der Waals surface area contributed by atoms with Crippen molar-refractivity contribution in [3.05, 3.63) is 62.4 Å². The molecule has 2 rings (SSSR count). The first-order chi connectivity index (χ1) is 9.88. The van der Waals surface area contributed by atoms with E-state index in [9.17, 15) is 19.3 Å². The van der Waals surface area contributed by atoms with Crippen LogP contribution >= 0.6 is 15.9 Å². The van der Waals surface area contributed by atoms with E-state index in [1.54, 1.807) is 0 Å². The lowest BCUT2D eigenvalue weighted by atomic mass is 10.2. The fraction of sp³-hybridized carbons (Fsp3) is 0. The summed E-state index contributed by atoms with van der Waals surface area (Å²) in [6.45, 7) is 0. The van der Waals surface area contributed by atoms with Gasteiger partial charge in [0.2, 0.25) is 5.75 Å². The Morgan fingerprint density at radius 3 is 2.57 bits per heavy atom. The summed E-state index contributed by atoms with van der Waals surface area (Å²) < 4.78 is 18.9. The maximum atomic E-state index is 13.1. The minimum absolute atomic E-state index is 0.0911. The second-order valence-corrected chi connectivity index (χ2v) is 4.83. The van der Waals surface area contributed by atoms with Crippen LogP contribution in [0.25, 0.3) is 0 Å². The number of carboxylic acid groups (broad SMARTS) is 1. The first-order valence-electron chi connectivity index (χ1n) is 5.53. The molecule has 0 unspecified atom stereocenters. The predicted molar refractivity (Wildman–Crippen MR) is 74.2 cm³/mol. The van der Waals surface area contributed by atoms with Crippen molar-refractivity contribution in [3.8, 4) is 11.5 Å². The number of ether oxygens (including phenoxy) is 1. The van der Waals surface area contributed by atoms with Gasteiger partial charge < -0.3 is 9.84 Å². The van der Waals surface area contributed by atoms with E-state index in [2.05, 4.69) is 15.9 Å². The predicted octanol–water partition coefficient (Wildman–Crippen LogP) is 3.99. The molecule has 8 heteroatoms. The van der Waals surface area contributed by atoms with E-state index in [-0.39, 0.29) is 17.1 Å². The number of nitro groups is 1. The van der Waals surface area contributed by atoms with Crippen LogP contribution in [0.15, 0.2) is 40.9 Å². The van der Waals surface area contributed by atoms with Crippen LogP contribution in [-0.2, 0) is 0 Å². The number of halogens is 2. The Kier molecular flexibility index (Phi) is 4.18. The normalized spacial score (nSPS) is 10.2. The van der Waals surface area contributed by atoms with E-state index in [4.69, 9.17) is 9.84 Å². The topological polar surface area (TPSA) is 89.7 Å². The zero-order valence-electron chi connectivity index (χ0n) is 10.2. The molecule has 0 aromatic heterocycles. The van der Waals surface area contributed by atoms with Crippen LogP contribution in [0.4, 0.5) is 10.1 Å². The highest BCUT2D eigenvalue weighted by Crippen LogP contribution is 2.34. The third-order valence-corrected chi connectivity index (χ3v) is 3.00. The van der Waals surface area contributed by atoms with Crippen molar-refractivity contribution in [2.24, 2.45) is 0 Å². The van der Waals surface area contributed by atoms with Crippen molar-refractivity contribution in [1.29, 1.82) is 0 Å². The zero-order valence-corrected chi connectivity index (χ0v) is 11.8. The molecule has 0 bridgehead atoms. The molecule has 0 aliphatic heterocycles. The number of aromatic carboxylic acids is 1. The van der Waals surface area contributed by atoms with Gasteiger partial charge in [0.15, 0.2) is 0 Å². The van der Waals surface area contributed by atoms with Gasteiger partial charge in [-0.1, -0.05) is 15.9 Å². The van der Waals surface area contributed by atoms with E-state index in [0.717, 1.165) is 12.1 Å². The van der Waals surface area contributed by atoms with Gasteiger partial charge in [0.25, 0.3) is 0 Å². The Labute approximate surface area is 126 Å². The number of nitro benzene ring substituents is 1. The average Bonchev–Trinajstić information content (AvgIpc) is 2.40. The molecule has 0 aliphatic carbocycles. The van der Waals surface area contributed by atoms with Crippen LogP contribution in [0.3, 0.4) is 0 Å². The lowest BCUT2D eigenvalue weighted by Crippen LogP contribution is -2.01. The maximum absolute atomic E-state index is 13.1. The molecule has 0 aliphatic rings. The third-order valence-electron chi connectivity index (χ3n) is 2.51. The van der Waals surface area contributed by atoms with Gasteiger partial charge in [-0.25, -0.2) is 9.18 Å². The summed E-state index contributed by atoms with van der Waals surface area (Å²) >= 11 is 3.15. The van der Waals surface area contributed by atoms with Gasteiger partial charge in [0.05, 0.1) is 11.0 Å². The molecule has 0 spiro atoms. The number of benzene rings is 2. The summed E-state index contributed by atoms with van der Waals surface area (Å²) in [6.07, 6.45) is 0. The number of carbonyl (C=O) groups is 1. The molecule has 0 amide bonds. The maximum Gasteiger partial charge on any atom is 0.339 e. The molecule has 21 heavy (non-hydrogen) atoms. The largest absolute Gasteiger partial charge is 0.478 e. The Morgan fingerprint density at radius 1 is 1.24 bits per heavy atom. The average molecular weight is 356 g/mol. The highest BCUT2D eigenvalue weighted by atomic mass is 79.9. The second kappa shape index (κ2) is 5.88. The second-order valence-electron chi connectivity index (χ2n) is 3.92. The van der Waals surface area contributed by atoms with Gasteiger partial charge in [-0.2, -0.15) is 0 Å². The van der Waals surface area contributed by atoms with Gasteiger partial charge in [0, 0.05) is 4.47 Å². The summed E-state index contributed by atoms with van der Waals surface area (Å²) in [5, 5.41) is 20.0. The molecule has 0 saturated heterocycles. The van der Waals surface area contributed by atoms with E-state index in [1.165, 1.54) is 18.2 Å². The summed E-state index contributed by atoms with van der Waals surface area (Å²) in [4.78, 5) is 21.2. The summed E-state index contributed by atoms with van der Waals surface area (Å²) in [5.74, 6) is -2.38.